The summed E-state index contributed by atoms with van der Waals surface area (Å²) in [5, 5.41) is 9.68. The molecule has 0 amide bonds. The van der Waals surface area contributed by atoms with Crippen molar-refractivity contribution in [3.63, 3.8) is 0 Å². The summed E-state index contributed by atoms with van der Waals surface area (Å²) in [6, 6.07) is 10.6. The molecule has 1 N–H and O–H groups in total. The maximum absolute atomic E-state index is 13.4. The zero-order valence-corrected chi connectivity index (χ0v) is 16.4. The van der Waals surface area contributed by atoms with Crippen LogP contribution in [0.15, 0.2) is 40.2 Å². The molecule has 0 aliphatic carbocycles. The maximum Gasteiger partial charge on any atom is 0.326 e. The van der Waals surface area contributed by atoms with Gasteiger partial charge in [0.2, 0.25) is 0 Å². The Kier molecular flexibility index (Phi) is 6.15. The van der Waals surface area contributed by atoms with Crippen molar-refractivity contribution in [1.82, 2.24) is 14.5 Å². The van der Waals surface area contributed by atoms with Crippen LogP contribution in [0.3, 0.4) is 0 Å². The Bertz CT molecular complexity index is 1080. The molecule has 0 bridgehead atoms. The lowest BCUT2D eigenvalue weighted by Crippen LogP contribution is -2.17. The summed E-state index contributed by atoms with van der Waals surface area (Å²) in [5.41, 5.74) is 1.65. The number of aromatic amines is 1. The number of H-pyrrole nitrogens is 1. The van der Waals surface area contributed by atoms with E-state index in [-0.39, 0.29) is 22.7 Å². The van der Waals surface area contributed by atoms with E-state index in [0.717, 1.165) is 11.0 Å². The molecule has 1 aromatic carbocycles. The highest BCUT2D eigenvalue weighted by Crippen LogP contribution is 2.32. The maximum atomic E-state index is 13.4. The predicted molar refractivity (Wildman–Crippen MR) is 106 cm³/mol. The molecule has 3 aromatic rings. The summed E-state index contributed by atoms with van der Waals surface area (Å²) in [7, 11) is 0. The number of aromatic nitrogens is 3. The van der Waals surface area contributed by atoms with E-state index >= 15 is 0 Å². The number of rotatable bonds is 7. The second-order valence-corrected chi connectivity index (χ2v) is 7.77. The normalized spacial score (nSPS) is 11.5. The van der Waals surface area contributed by atoms with Crippen LogP contribution in [-0.2, 0) is 6.54 Å². The number of fused-ring (bicyclic) bond motifs is 1. The molecule has 2 heterocycles. The molecule has 0 aliphatic rings. The molecule has 0 spiro atoms. The minimum Gasteiger partial charge on any atom is -0.306 e. The van der Waals surface area contributed by atoms with Gasteiger partial charge in [0, 0.05) is 23.6 Å². The number of para-hydroxylation sites is 2. The number of hydrogen-bond acceptors (Lipinski definition) is 4. The fraction of sp³-hybridized carbons (Fsp3) is 0.350. The lowest BCUT2D eigenvalue weighted by atomic mass is 10.0. The van der Waals surface area contributed by atoms with Crippen LogP contribution in [0.2, 0.25) is 0 Å². The second-order valence-electron chi connectivity index (χ2n) is 6.68. The van der Waals surface area contributed by atoms with Gasteiger partial charge in [-0.25, -0.2) is 18.6 Å². The lowest BCUT2D eigenvalue weighted by molar-refractivity contribution is 0.150. The van der Waals surface area contributed by atoms with Crippen molar-refractivity contribution < 1.29 is 8.78 Å². The van der Waals surface area contributed by atoms with Crippen LogP contribution in [0, 0.1) is 11.3 Å². The van der Waals surface area contributed by atoms with Gasteiger partial charge in [0.25, 0.3) is 6.43 Å². The number of nitriles is 1. The minimum atomic E-state index is -2.72. The van der Waals surface area contributed by atoms with Gasteiger partial charge in [0.15, 0.2) is 0 Å². The SMILES string of the molecule is CC(C)c1cc(C(F)F)c(C#N)c(SCCCn2c(=O)[nH]c3ccccc32)n1. The van der Waals surface area contributed by atoms with Crippen LogP contribution in [0.25, 0.3) is 11.0 Å². The minimum absolute atomic E-state index is 0.0191. The molecule has 28 heavy (non-hydrogen) atoms. The highest BCUT2D eigenvalue weighted by Gasteiger charge is 2.20. The number of pyridine rings is 1. The Hall–Kier alpha value is -2.66. The van der Waals surface area contributed by atoms with E-state index in [1.807, 2.05) is 44.2 Å². The molecule has 0 unspecified atom stereocenters. The first-order valence-corrected chi connectivity index (χ1v) is 9.94. The highest BCUT2D eigenvalue weighted by atomic mass is 32.2. The first kappa shape index (κ1) is 20.1. The molecule has 0 fully saturated rings. The molecule has 8 heteroatoms. The van der Waals surface area contributed by atoms with Gasteiger partial charge in [-0.1, -0.05) is 26.0 Å². The molecule has 2 aromatic heterocycles. The smallest absolute Gasteiger partial charge is 0.306 e. The van der Waals surface area contributed by atoms with E-state index in [1.54, 1.807) is 4.57 Å². The third-order valence-corrected chi connectivity index (χ3v) is 5.48. The first-order chi connectivity index (χ1) is 13.4. The zero-order valence-electron chi connectivity index (χ0n) is 15.6. The quantitative estimate of drug-likeness (QED) is 0.453. The van der Waals surface area contributed by atoms with Crippen molar-refractivity contribution in [2.24, 2.45) is 0 Å². The largest absolute Gasteiger partial charge is 0.326 e. The summed E-state index contributed by atoms with van der Waals surface area (Å²) in [4.78, 5) is 19.3. The van der Waals surface area contributed by atoms with Gasteiger partial charge in [-0.15, -0.1) is 11.8 Å². The van der Waals surface area contributed by atoms with Gasteiger partial charge in [0.05, 0.1) is 16.6 Å². The van der Waals surface area contributed by atoms with Gasteiger partial charge in [-0.3, -0.25) is 4.57 Å². The molecular formula is C20H20F2N4OS. The third-order valence-electron chi connectivity index (χ3n) is 4.42. The molecule has 5 nitrogen and oxygen atoms in total. The molecule has 0 saturated heterocycles. The third kappa shape index (κ3) is 4.09. The Morgan fingerprint density at radius 1 is 1.32 bits per heavy atom. The van der Waals surface area contributed by atoms with Crippen LogP contribution < -0.4 is 5.69 Å². The average molecular weight is 402 g/mol. The van der Waals surface area contributed by atoms with Gasteiger partial charge >= 0.3 is 5.69 Å². The summed E-state index contributed by atoms with van der Waals surface area (Å²) < 4.78 is 28.4. The monoisotopic (exact) mass is 402 g/mol. The van der Waals surface area contributed by atoms with Crippen LogP contribution in [0.1, 0.15) is 49.4 Å². The molecule has 0 saturated carbocycles. The summed E-state index contributed by atoms with van der Waals surface area (Å²) in [5.74, 6) is 0.534. The summed E-state index contributed by atoms with van der Waals surface area (Å²) in [6.45, 7) is 4.24. The molecular weight excluding hydrogens is 382 g/mol. The van der Waals surface area contributed by atoms with Crippen molar-refractivity contribution >= 4 is 22.8 Å². The Morgan fingerprint density at radius 3 is 2.75 bits per heavy atom. The van der Waals surface area contributed by atoms with Gasteiger partial charge < -0.3 is 4.98 Å². The van der Waals surface area contributed by atoms with Crippen LogP contribution >= 0.6 is 11.8 Å². The van der Waals surface area contributed by atoms with Crippen molar-refractivity contribution in [2.45, 2.75) is 44.2 Å². The fourth-order valence-electron chi connectivity index (χ4n) is 2.97. The Morgan fingerprint density at radius 2 is 2.07 bits per heavy atom. The van der Waals surface area contributed by atoms with E-state index in [2.05, 4.69) is 9.97 Å². The number of benzene rings is 1. The van der Waals surface area contributed by atoms with Crippen molar-refractivity contribution in [3.8, 4) is 6.07 Å². The molecule has 146 valence electrons. The van der Waals surface area contributed by atoms with Crippen LogP contribution in [0.4, 0.5) is 8.78 Å². The van der Waals surface area contributed by atoms with E-state index in [9.17, 15) is 18.8 Å². The first-order valence-electron chi connectivity index (χ1n) is 8.95. The topological polar surface area (TPSA) is 74.5 Å². The zero-order chi connectivity index (χ0) is 20.3. The van der Waals surface area contributed by atoms with Crippen molar-refractivity contribution in [1.29, 1.82) is 5.26 Å². The number of alkyl halides is 2. The second kappa shape index (κ2) is 8.57. The highest BCUT2D eigenvalue weighted by molar-refractivity contribution is 7.99. The van der Waals surface area contributed by atoms with Crippen LogP contribution in [0.5, 0.6) is 0 Å². The van der Waals surface area contributed by atoms with Gasteiger partial charge in [-0.05, 0) is 30.5 Å². The van der Waals surface area contributed by atoms with Crippen LogP contribution in [-0.4, -0.2) is 20.3 Å². The standard InChI is InChI=1S/C20H20F2N4OS/c1-12(2)16-10-13(18(21)22)14(11-23)19(24-16)28-9-5-8-26-17-7-4-3-6-15(17)25-20(26)27/h3-4,6-7,10,12,18H,5,8-9H2,1-2H3,(H,25,27). The Labute approximate surface area is 165 Å². The predicted octanol–water partition coefficient (Wildman–Crippen LogP) is 4.84. The number of nitrogens with one attached hydrogen (secondary N) is 1. The number of imidazole rings is 1. The fourth-order valence-corrected chi connectivity index (χ4v) is 3.91. The summed E-state index contributed by atoms with van der Waals surface area (Å²) >= 11 is 1.28. The Balaban J connectivity index is 1.76. The number of thioether (sulfide) groups is 1. The molecule has 0 atom stereocenters. The van der Waals surface area contributed by atoms with Gasteiger partial charge in [0.1, 0.15) is 11.1 Å². The van der Waals surface area contributed by atoms with Crippen molar-refractivity contribution in [3.05, 3.63) is 57.6 Å². The van der Waals surface area contributed by atoms with E-state index in [4.69, 9.17) is 0 Å². The number of nitrogens with zero attached hydrogens (tertiary/aromatic N) is 3. The van der Waals surface area contributed by atoms with E-state index in [1.165, 1.54) is 17.8 Å². The number of hydrogen-bond donors (Lipinski definition) is 1. The van der Waals surface area contributed by atoms with E-state index in [0.29, 0.717) is 29.4 Å². The lowest BCUT2D eigenvalue weighted by Gasteiger charge is -2.13. The van der Waals surface area contributed by atoms with Crippen molar-refractivity contribution in [2.75, 3.05) is 5.75 Å². The molecule has 0 aliphatic heterocycles. The summed E-state index contributed by atoms with van der Waals surface area (Å²) in [6.07, 6.45) is -2.09. The number of halogens is 2. The molecule has 3 rings (SSSR count). The van der Waals surface area contributed by atoms with E-state index < -0.39 is 6.43 Å². The average Bonchev–Trinajstić information content (AvgIpc) is 2.99. The number of aryl methyl sites for hydroxylation is 1. The molecule has 0 radical (unpaired) electrons. The van der Waals surface area contributed by atoms with Gasteiger partial charge in [-0.2, -0.15) is 5.26 Å².